The van der Waals surface area contributed by atoms with Crippen LogP contribution >= 0.6 is 11.3 Å². The second-order valence-corrected chi connectivity index (χ2v) is 8.05. The third kappa shape index (κ3) is 6.00. The van der Waals surface area contributed by atoms with Crippen LogP contribution in [0.3, 0.4) is 0 Å². The number of carbonyl (C=O) groups excluding carboxylic acids is 2. The maximum absolute atomic E-state index is 14.1. The maximum Gasteiger partial charge on any atom is 0.306 e. The fraction of sp³-hybridized carbons (Fsp3) is 0.348. The van der Waals surface area contributed by atoms with Crippen molar-refractivity contribution in [2.75, 3.05) is 18.1 Å². The van der Waals surface area contributed by atoms with E-state index in [1.165, 1.54) is 4.90 Å². The van der Waals surface area contributed by atoms with Crippen LogP contribution in [0.4, 0.5) is 14.5 Å². The first-order valence-electron chi connectivity index (χ1n) is 10.3. The number of nitrogens with zero attached hydrogens (tertiary/aromatic N) is 2. The number of thiazole rings is 1. The zero-order chi connectivity index (χ0) is 23.1. The van der Waals surface area contributed by atoms with Gasteiger partial charge in [0.1, 0.15) is 22.4 Å². The zero-order valence-electron chi connectivity index (χ0n) is 17.9. The average molecular weight is 463 g/mol. The van der Waals surface area contributed by atoms with E-state index in [1.54, 1.807) is 31.2 Å². The third-order valence-corrected chi connectivity index (χ3v) is 5.58. The van der Waals surface area contributed by atoms with Gasteiger partial charge in [0, 0.05) is 24.2 Å². The van der Waals surface area contributed by atoms with Crippen LogP contribution in [0, 0.1) is 11.6 Å². The number of fused-ring (bicyclic) bond motifs is 1. The molecule has 2 aromatic carbocycles. The molecule has 3 rings (SSSR count). The van der Waals surface area contributed by atoms with Crippen LogP contribution in [0.25, 0.3) is 10.2 Å². The first-order valence-corrected chi connectivity index (χ1v) is 11.2. The van der Waals surface area contributed by atoms with Gasteiger partial charge in [0.15, 0.2) is 0 Å². The molecule has 0 unspecified atom stereocenters. The van der Waals surface area contributed by atoms with Gasteiger partial charge < -0.3 is 14.4 Å². The molecule has 0 bridgehead atoms. The minimum atomic E-state index is -0.711. The van der Waals surface area contributed by atoms with Gasteiger partial charge in [0.2, 0.25) is 5.91 Å². The van der Waals surface area contributed by atoms with Crippen molar-refractivity contribution in [3.05, 3.63) is 53.0 Å². The maximum atomic E-state index is 14.1. The summed E-state index contributed by atoms with van der Waals surface area (Å²) < 4.78 is 38.3. The van der Waals surface area contributed by atoms with Crippen LogP contribution in [0.5, 0.6) is 5.75 Å². The number of ether oxygens (including phenoxy) is 2. The summed E-state index contributed by atoms with van der Waals surface area (Å²) >= 11 is 1.06. The molecule has 1 aromatic heterocycles. The van der Waals surface area contributed by atoms with E-state index in [-0.39, 0.29) is 42.1 Å². The highest BCUT2D eigenvalue weighted by Gasteiger charge is 2.21. The van der Waals surface area contributed by atoms with E-state index in [1.807, 2.05) is 6.92 Å². The minimum Gasteiger partial charge on any atom is -0.494 e. The molecule has 0 aliphatic rings. The number of rotatable bonds is 10. The quantitative estimate of drug-likeness (QED) is 0.386. The molecule has 1 heterocycles. The van der Waals surface area contributed by atoms with Crippen molar-refractivity contribution in [3.63, 3.8) is 0 Å². The Morgan fingerprint density at radius 1 is 1.09 bits per heavy atom. The highest BCUT2D eigenvalue weighted by atomic mass is 32.1. The first-order chi connectivity index (χ1) is 15.4. The van der Waals surface area contributed by atoms with Crippen molar-refractivity contribution in [2.45, 2.75) is 39.7 Å². The number of halogens is 2. The molecule has 1 amide bonds. The fourth-order valence-corrected chi connectivity index (χ4v) is 3.99. The fourth-order valence-electron chi connectivity index (χ4n) is 3.05. The lowest BCUT2D eigenvalue weighted by molar-refractivity contribution is -0.144. The van der Waals surface area contributed by atoms with Crippen molar-refractivity contribution in [1.82, 2.24) is 4.98 Å². The van der Waals surface area contributed by atoms with Gasteiger partial charge >= 0.3 is 5.97 Å². The Balaban J connectivity index is 1.85. The Labute approximate surface area is 188 Å². The first kappa shape index (κ1) is 23.6. The molecule has 0 fully saturated rings. The number of anilines is 1. The lowest BCUT2D eigenvalue weighted by atomic mass is 10.2. The molecule has 3 aromatic rings. The SMILES string of the molecule is CCCOc1ccc(N(Cc2nc3cc(F)cc(F)c3s2)C(=O)CCC(=O)OCC)cc1. The second kappa shape index (κ2) is 11.0. The molecule has 0 saturated carbocycles. The van der Waals surface area contributed by atoms with E-state index < -0.39 is 17.6 Å². The van der Waals surface area contributed by atoms with Gasteiger partial charge in [0.25, 0.3) is 0 Å². The molecule has 0 aliphatic heterocycles. The van der Waals surface area contributed by atoms with Crippen LogP contribution < -0.4 is 9.64 Å². The molecule has 0 spiro atoms. The lowest BCUT2D eigenvalue weighted by Crippen LogP contribution is -2.30. The summed E-state index contributed by atoms with van der Waals surface area (Å²) in [6.45, 7) is 4.57. The Morgan fingerprint density at radius 2 is 1.84 bits per heavy atom. The van der Waals surface area contributed by atoms with Gasteiger partial charge in [-0.1, -0.05) is 6.92 Å². The van der Waals surface area contributed by atoms with Gasteiger partial charge in [-0.15, -0.1) is 11.3 Å². The Bertz CT molecular complexity index is 1090. The molecule has 0 N–H and O–H groups in total. The molecule has 0 atom stereocenters. The van der Waals surface area contributed by atoms with E-state index in [2.05, 4.69) is 4.98 Å². The van der Waals surface area contributed by atoms with Crippen LogP contribution in [0.15, 0.2) is 36.4 Å². The van der Waals surface area contributed by atoms with E-state index in [0.717, 1.165) is 29.9 Å². The normalized spacial score (nSPS) is 10.9. The molecule has 0 saturated heterocycles. The standard InChI is InChI=1S/C23H24F2N2O4S/c1-3-11-31-17-7-5-16(6-8-17)27(21(28)9-10-22(29)30-4-2)14-20-26-19-13-15(24)12-18(25)23(19)32-20/h5-8,12-13H,3-4,9-11,14H2,1-2H3. The van der Waals surface area contributed by atoms with Crippen molar-refractivity contribution >= 4 is 39.1 Å². The van der Waals surface area contributed by atoms with Crippen LogP contribution in [0.1, 0.15) is 38.1 Å². The van der Waals surface area contributed by atoms with E-state index in [4.69, 9.17) is 9.47 Å². The molecule has 0 aliphatic carbocycles. The number of carbonyl (C=O) groups is 2. The Hall–Kier alpha value is -3.07. The summed E-state index contributed by atoms with van der Waals surface area (Å²) in [5.74, 6) is -1.50. The molecular weight excluding hydrogens is 438 g/mol. The molecule has 0 radical (unpaired) electrons. The number of hydrogen-bond donors (Lipinski definition) is 0. The topological polar surface area (TPSA) is 68.7 Å². The van der Waals surface area contributed by atoms with Crippen LogP contribution in [-0.2, 0) is 20.9 Å². The molecular formula is C23H24F2N2O4S. The summed E-state index contributed by atoms with van der Waals surface area (Å²) in [4.78, 5) is 30.4. The van der Waals surface area contributed by atoms with Crippen molar-refractivity contribution in [3.8, 4) is 5.75 Å². The summed E-state index contributed by atoms with van der Waals surface area (Å²) in [6.07, 6.45) is 0.760. The van der Waals surface area contributed by atoms with Crippen LogP contribution in [0.2, 0.25) is 0 Å². The number of benzene rings is 2. The molecule has 9 heteroatoms. The Kier molecular flexibility index (Phi) is 8.10. The highest BCUT2D eigenvalue weighted by Crippen LogP contribution is 2.29. The lowest BCUT2D eigenvalue weighted by Gasteiger charge is -2.22. The number of aromatic nitrogens is 1. The highest BCUT2D eigenvalue weighted by molar-refractivity contribution is 7.18. The van der Waals surface area contributed by atoms with Gasteiger partial charge in [-0.25, -0.2) is 13.8 Å². The van der Waals surface area contributed by atoms with Gasteiger partial charge in [-0.3, -0.25) is 9.59 Å². The monoisotopic (exact) mass is 462 g/mol. The van der Waals surface area contributed by atoms with Gasteiger partial charge in [-0.2, -0.15) is 0 Å². The number of amides is 1. The second-order valence-electron chi connectivity index (χ2n) is 6.97. The van der Waals surface area contributed by atoms with Crippen molar-refractivity contribution in [1.29, 1.82) is 0 Å². The summed E-state index contributed by atoms with van der Waals surface area (Å²) in [5, 5.41) is 0.445. The predicted molar refractivity (Wildman–Crippen MR) is 119 cm³/mol. The zero-order valence-corrected chi connectivity index (χ0v) is 18.7. The summed E-state index contributed by atoms with van der Waals surface area (Å²) in [7, 11) is 0. The minimum absolute atomic E-state index is 0.0528. The Morgan fingerprint density at radius 3 is 2.53 bits per heavy atom. The molecule has 6 nitrogen and oxygen atoms in total. The largest absolute Gasteiger partial charge is 0.494 e. The smallest absolute Gasteiger partial charge is 0.306 e. The molecule has 170 valence electrons. The summed E-state index contributed by atoms with van der Waals surface area (Å²) in [6, 6.07) is 8.95. The van der Waals surface area contributed by atoms with Crippen LogP contribution in [-0.4, -0.2) is 30.1 Å². The van der Waals surface area contributed by atoms with Gasteiger partial charge in [0.05, 0.1) is 36.4 Å². The summed E-state index contributed by atoms with van der Waals surface area (Å²) in [5.41, 5.74) is 0.776. The average Bonchev–Trinajstić information content (AvgIpc) is 3.18. The van der Waals surface area contributed by atoms with Crippen molar-refractivity contribution in [2.24, 2.45) is 0 Å². The predicted octanol–water partition coefficient (Wildman–Crippen LogP) is 5.24. The number of hydrogen-bond acceptors (Lipinski definition) is 6. The third-order valence-electron chi connectivity index (χ3n) is 4.52. The van der Waals surface area contributed by atoms with E-state index in [0.29, 0.717) is 23.1 Å². The number of esters is 1. The van der Waals surface area contributed by atoms with E-state index in [9.17, 15) is 18.4 Å². The van der Waals surface area contributed by atoms with E-state index >= 15 is 0 Å². The van der Waals surface area contributed by atoms with Crippen molar-refractivity contribution < 1.29 is 27.8 Å². The molecule has 32 heavy (non-hydrogen) atoms. The van der Waals surface area contributed by atoms with Gasteiger partial charge in [-0.05, 0) is 37.6 Å².